The van der Waals surface area contributed by atoms with Gasteiger partial charge in [0.2, 0.25) is 6.79 Å². The van der Waals surface area contributed by atoms with E-state index in [1.54, 1.807) is 30.3 Å². The molecule has 1 aliphatic rings. The van der Waals surface area contributed by atoms with E-state index in [1.807, 2.05) is 25.1 Å². The maximum atomic E-state index is 13.2. The topological polar surface area (TPSA) is 69.7 Å². The monoisotopic (exact) mass is 394 g/mol. The van der Waals surface area contributed by atoms with E-state index < -0.39 is 9.84 Å². The number of benzene rings is 3. The summed E-state index contributed by atoms with van der Waals surface area (Å²) >= 11 is 0. The summed E-state index contributed by atoms with van der Waals surface area (Å²) < 4.78 is 34.4. The summed E-state index contributed by atoms with van der Waals surface area (Å²) in [5.41, 5.74) is 3.43. The zero-order valence-electron chi connectivity index (χ0n) is 15.4. The van der Waals surface area contributed by atoms with Gasteiger partial charge in [-0.2, -0.15) is 0 Å². The van der Waals surface area contributed by atoms with Crippen LogP contribution in [0.2, 0.25) is 0 Å². The summed E-state index contributed by atoms with van der Waals surface area (Å²) in [6.07, 6.45) is 1.16. The quantitative estimate of drug-likeness (QED) is 0.625. The van der Waals surface area contributed by atoms with Gasteiger partial charge in [-0.05, 0) is 48.4 Å². The lowest BCUT2D eigenvalue weighted by molar-refractivity contribution is 0.103. The molecule has 0 aliphatic carbocycles. The van der Waals surface area contributed by atoms with Crippen LogP contribution in [0.5, 0.6) is 11.5 Å². The highest BCUT2D eigenvalue weighted by atomic mass is 32.2. The molecule has 4 rings (SSSR count). The molecule has 0 spiro atoms. The van der Waals surface area contributed by atoms with Crippen molar-refractivity contribution in [3.63, 3.8) is 0 Å². The fourth-order valence-electron chi connectivity index (χ4n) is 3.19. The molecule has 0 saturated carbocycles. The smallest absolute Gasteiger partial charge is 0.231 e. The van der Waals surface area contributed by atoms with Gasteiger partial charge in [0.15, 0.2) is 27.1 Å². The van der Waals surface area contributed by atoms with Crippen LogP contribution < -0.4 is 9.47 Å². The van der Waals surface area contributed by atoms with E-state index in [1.165, 1.54) is 12.1 Å². The third kappa shape index (κ3) is 3.39. The zero-order valence-corrected chi connectivity index (χ0v) is 16.2. The largest absolute Gasteiger partial charge is 0.454 e. The van der Waals surface area contributed by atoms with Crippen LogP contribution in [0.3, 0.4) is 0 Å². The number of carbonyl (C=O) groups excluding carboxylic acids is 1. The Balaban J connectivity index is 1.86. The van der Waals surface area contributed by atoms with E-state index in [0.29, 0.717) is 28.2 Å². The molecule has 1 aliphatic heterocycles. The van der Waals surface area contributed by atoms with E-state index in [9.17, 15) is 13.2 Å². The van der Waals surface area contributed by atoms with Gasteiger partial charge in [0.1, 0.15) is 0 Å². The molecule has 3 aromatic rings. The summed E-state index contributed by atoms with van der Waals surface area (Å²) in [6.45, 7) is 2.03. The maximum Gasteiger partial charge on any atom is 0.231 e. The predicted molar refractivity (Wildman–Crippen MR) is 106 cm³/mol. The van der Waals surface area contributed by atoms with Gasteiger partial charge in [0.05, 0.1) is 4.90 Å². The second kappa shape index (κ2) is 6.80. The second-order valence-electron chi connectivity index (χ2n) is 6.75. The maximum absolute atomic E-state index is 13.2. The van der Waals surface area contributed by atoms with Crippen molar-refractivity contribution in [2.24, 2.45) is 0 Å². The number of hydrogen-bond donors (Lipinski definition) is 0. The van der Waals surface area contributed by atoms with Crippen LogP contribution in [0.4, 0.5) is 0 Å². The number of fused-ring (bicyclic) bond motifs is 1. The molecule has 0 atom stereocenters. The van der Waals surface area contributed by atoms with Crippen LogP contribution in [0.1, 0.15) is 21.5 Å². The standard InChI is InChI=1S/C22H18O5S/c1-14-4-3-5-16(10-14)22(23)19-12-21-20(26-13-27-21)11-18(19)15-6-8-17(9-7-15)28(2,24)25/h3-12H,13H2,1-2H3. The minimum absolute atomic E-state index is 0.101. The molecule has 0 saturated heterocycles. The SMILES string of the molecule is Cc1cccc(C(=O)c2cc3c(cc2-c2ccc(S(C)(=O)=O)cc2)OCO3)c1. The first-order valence-corrected chi connectivity index (χ1v) is 10.6. The fraction of sp³-hybridized carbons (Fsp3) is 0.136. The van der Waals surface area contributed by atoms with E-state index in [4.69, 9.17) is 9.47 Å². The molecule has 142 valence electrons. The summed E-state index contributed by atoms with van der Waals surface area (Å²) in [4.78, 5) is 13.5. The molecular weight excluding hydrogens is 376 g/mol. The Bertz CT molecular complexity index is 1180. The van der Waals surface area contributed by atoms with Gasteiger partial charge >= 0.3 is 0 Å². The van der Waals surface area contributed by atoms with Crippen molar-refractivity contribution in [2.75, 3.05) is 13.0 Å². The number of carbonyl (C=O) groups is 1. The minimum Gasteiger partial charge on any atom is -0.454 e. The van der Waals surface area contributed by atoms with E-state index in [0.717, 1.165) is 17.4 Å². The van der Waals surface area contributed by atoms with Crippen molar-refractivity contribution < 1.29 is 22.7 Å². The summed E-state index contributed by atoms with van der Waals surface area (Å²) in [7, 11) is -3.30. The van der Waals surface area contributed by atoms with Crippen molar-refractivity contribution in [3.8, 4) is 22.6 Å². The summed E-state index contributed by atoms with van der Waals surface area (Å²) in [6, 6.07) is 17.3. The minimum atomic E-state index is -3.30. The molecule has 0 fully saturated rings. The van der Waals surface area contributed by atoms with E-state index in [2.05, 4.69) is 0 Å². The number of aryl methyl sites for hydroxylation is 1. The normalized spacial score (nSPS) is 12.8. The predicted octanol–water partition coefficient (Wildman–Crippen LogP) is 4.03. The average Bonchev–Trinajstić information content (AvgIpc) is 3.13. The van der Waals surface area contributed by atoms with Gasteiger partial charge < -0.3 is 9.47 Å². The highest BCUT2D eigenvalue weighted by molar-refractivity contribution is 7.90. The highest BCUT2D eigenvalue weighted by Gasteiger charge is 2.23. The molecule has 0 bridgehead atoms. The number of ketones is 1. The Morgan fingerprint density at radius 3 is 2.25 bits per heavy atom. The van der Waals surface area contributed by atoms with Crippen LogP contribution >= 0.6 is 0 Å². The lowest BCUT2D eigenvalue weighted by atomic mass is 9.93. The Kier molecular flexibility index (Phi) is 4.43. The van der Waals surface area contributed by atoms with E-state index in [-0.39, 0.29) is 17.5 Å². The molecule has 1 heterocycles. The van der Waals surface area contributed by atoms with Gasteiger partial charge in [0.25, 0.3) is 0 Å². The van der Waals surface area contributed by atoms with E-state index >= 15 is 0 Å². The van der Waals surface area contributed by atoms with Gasteiger partial charge in [-0.25, -0.2) is 8.42 Å². The Morgan fingerprint density at radius 1 is 0.929 bits per heavy atom. The lowest BCUT2D eigenvalue weighted by Gasteiger charge is -2.12. The number of rotatable bonds is 4. The van der Waals surface area contributed by atoms with Gasteiger partial charge in [-0.15, -0.1) is 0 Å². The molecule has 28 heavy (non-hydrogen) atoms. The van der Waals surface area contributed by atoms with Crippen molar-refractivity contribution >= 4 is 15.6 Å². The van der Waals surface area contributed by atoms with Crippen molar-refractivity contribution in [3.05, 3.63) is 77.4 Å². The Hall–Kier alpha value is -3.12. The van der Waals surface area contributed by atoms with Crippen LogP contribution in [-0.4, -0.2) is 27.2 Å². The lowest BCUT2D eigenvalue weighted by Crippen LogP contribution is -2.04. The van der Waals surface area contributed by atoms with Crippen molar-refractivity contribution in [2.45, 2.75) is 11.8 Å². The Labute approximate surface area is 163 Å². The molecule has 5 nitrogen and oxygen atoms in total. The third-order valence-electron chi connectivity index (χ3n) is 4.63. The number of ether oxygens (including phenoxy) is 2. The van der Waals surface area contributed by atoms with Crippen LogP contribution in [0.25, 0.3) is 11.1 Å². The zero-order chi connectivity index (χ0) is 19.9. The molecule has 0 aromatic heterocycles. The second-order valence-corrected chi connectivity index (χ2v) is 8.76. The number of sulfone groups is 1. The summed E-state index contributed by atoms with van der Waals surface area (Å²) in [5, 5.41) is 0. The molecule has 3 aromatic carbocycles. The fourth-order valence-corrected chi connectivity index (χ4v) is 3.82. The van der Waals surface area contributed by atoms with Gasteiger partial charge in [-0.3, -0.25) is 4.79 Å². The van der Waals surface area contributed by atoms with Crippen LogP contribution in [0, 0.1) is 6.92 Å². The highest BCUT2D eigenvalue weighted by Crippen LogP contribution is 2.39. The molecular formula is C22H18O5S. The average molecular weight is 394 g/mol. The van der Waals surface area contributed by atoms with Crippen LogP contribution in [0.15, 0.2) is 65.6 Å². The van der Waals surface area contributed by atoms with Crippen molar-refractivity contribution in [1.29, 1.82) is 0 Å². The Morgan fingerprint density at radius 2 is 1.61 bits per heavy atom. The first-order valence-electron chi connectivity index (χ1n) is 8.68. The van der Waals surface area contributed by atoms with Gasteiger partial charge in [0, 0.05) is 17.4 Å². The first-order chi connectivity index (χ1) is 13.3. The third-order valence-corrected chi connectivity index (χ3v) is 5.76. The molecule has 0 amide bonds. The van der Waals surface area contributed by atoms with Gasteiger partial charge in [-0.1, -0.05) is 35.9 Å². The summed E-state index contributed by atoms with van der Waals surface area (Å²) in [5.74, 6) is 0.944. The van der Waals surface area contributed by atoms with Crippen molar-refractivity contribution in [1.82, 2.24) is 0 Å². The van der Waals surface area contributed by atoms with Crippen LogP contribution in [-0.2, 0) is 9.84 Å². The first kappa shape index (κ1) is 18.3. The molecule has 0 radical (unpaired) electrons. The molecule has 6 heteroatoms. The number of hydrogen-bond acceptors (Lipinski definition) is 5. The molecule has 0 N–H and O–H groups in total. The molecule has 0 unspecified atom stereocenters.